The number of benzene rings is 2. The fraction of sp³-hybridized carbons (Fsp3) is 0.143. The van der Waals surface area contributed by atoms with Crippen LogP contribution in [-0.2, 0) is 10.0 Å². The Balaban J connectivity index is 2.08. The molecule has 19 heavy (non-hydrogen) atoms. The summed E-state index contributed by atoms with van der Waals surface area (Å²) in [5.74, 6) is 0. The van der Waals surface area contributed by atoms with Crippen LogP contribution in [0.3, 0.4) is 0 Å². The fourth-order valence-electron chi connectivity index (χ4n) is 1.64. The maximum atomic E-state index is 11.1. The highest BCUT2D eigenvalue weighted by atomic mass is 32.2. The van der Waals surface area contributed by atoms with Gasteiger partial charge in [0.05, 0.1) is 6.26 Å². The van der Waals surface area contributed by atoms with Gasteiger partial charge < -0.3 is 5.32 Å². The highest BCUT2D eigenvalue weighted by molar-refractivity contribution is 7.92. The number of rotatable bonds is 4. The van der Waals surface area contributed by atoms with Gasteiger partial charge in [-0.2, -0.15) is 0 Å². The molecule has 0 amide bonds. The quantitative estimate of drug-likeness (QED) is 0.902. The first-order valence-corrected chi connectivity index (χ1v) is 7.73. The van der Waals surface area contributed by atoms with Crippen LogP contribution in [0, 0.1) is 6.92 Å². The number of sulfonamides is 1. The van der Waals surface area contributed by atoms with Crippen molar-refractivity contribution in [2.75, 3.05) is 16.3 Å². The van der Waals surface area contributed by atoms with E-state index in [0.717, 1.165) is 17.6 Å². The zero-order chi connectivity index (χ0) is 13.9. The van der Waals surface area contributed by atoms with E-state index in [9.17, 15) is 8.42 Å². The molecule has 0 atom stereocenters. The summed E-state index contributed by atoms with van der Waals surface area (Å²) in [5, 5.41) is 3.24. The monoisotopic (exact) mass is 276 g/mol. The Labute approximate surface area is 113 Å². The van der Waals surface area contributed by atoms with E-state index in [1.165, 1.54) is 5.56 Å². The molecular weight excluding hydrogens is 260 g/mol. The van der Waals surface area contributed by atoms with Gasteiger partial charge in [0, 0.05) is 17.1 Å². The van der Waals surface area contributed by atoms with E-state index in [1.54, 1.807) is 12.1 Å². The summed E-state index contributed by atoms with van der Waals surface area (Å²) >= 11 is 0. The van der Waals surface area contributed by atoms with Crippen LogP contribution in [0.5, 0.6) is 0 Å². The van der Waals surface area contributed by atoms with Gasteiger partial charge in [0.25, 0.3) is 0 Å². The van der Waals surface area contributed by atoms with Gasteiger partial charge in [-0.25, -0.2) is 8.42 Å². The summed E-state index contributed by atoms with van der Waals surface area (Å²) in [7, 11) is -3.22. The minimum absolute atomic E-state index is 0.553. The van der Waals surface area contributed by atoms with Crippen LogP contribution in [0.2, 0.25) is 0 Å². The second kappa shape index (κ2) is 5.32. The average molecular weight is 276 g/mol. The lowest BCUT2D eigenvalue weighted by atomic mass is 10.2. The predicted molar refractivity (Wildman–Crippen MR) is 79.4 cm³/mol. The predicted octanol–water partition coefficient (Wildman–Crippen LogP) is 3.11. The van der Waals surface area contributed by atoms with Crippen LogP contribution < -0.4 is 10.0 Å². The second-order valence-electron chi connectivity index (χ2n) is 4.44. The van der Waals surface area contributed by atoms with Gasteiger partial charge in [0.15, 0.2) is 0 Å². The van der Waals surface area contributed by atoms with Gasteiger partial charge in [-0.15, -0.1) is 0 Å². The Morgan fingerprint density at radius 1 is 0.789 bits per heavy atom. The molecule has 0 heterocycles. The van der Waals surface area contributed by atoms with Crippen molar-refractivity contribution < 1.29 is 8.42 Å². The van der Waals surface area contributed by atoms with Crippen molar-refractivity contribution in [3.8, 4) is 0 Å². The summed E-state index contributed by atoms with van der Waals surface area (Å²) in [5.41, 5.74) is 3.66. The molecule has 2 rings (SSSR count). The van der Waals surface area contributed by atoms with Crippen LogP contribution in [-0.4, -0.2) is 14.7 Å². The first kappa shape index (κ1) is 13.4. The zero-order valence-electron chi connectivity index (χ0n) is 10.8. The molecule has 2 N–H and O–H groups in total. The summed E-state index contributed by atoms with van der Waals surface area (Å²) in [6, 6.07) is 15.1. The summed E-state index contributed by atoms with van der Waals surface area (Å²) < 4.78 is 24.6. The Bertz CT molecular complexity index is 647. The molecule has 0 bridgehead atoms. The lowest BCUT2D eigenvalue weighted by Gasteiger charge is -2.08. The normalized spacial score (nSPS) is 11.1. The van der Waals surface area contributed by atoms with Crippen molar-refractivity contribution in [3.63, 3.8) is 0 Å². The third-order valence-electron chi connectivity index (χ3n) is 2.53. The SMILES string of the molecule is Cc1ccc(Nc2ccc(NS(C)(=O)=O)cc2)cc1. The van der Waals surface area contributed by atoms with Crippen molar-refractivity contribution in [2.24, 2.45) is 0 Å². The topological polar surface area (TPSA) is 58.2 Å². The lowest BCUT2D eigenvalue weighted by molar-refractivity contribution is 0.607. The third-order valence-corrected chi connectivity index (χ3v) is 3.13. The first-order valence-electron chi connectivity index (χ1n) is 5.84. The molecule has 0 aliphatic carbocycles. The van der Waals surface area contributed by atoms with E-state index in [1.807, 2.05) is 43.3 Å². The van der Waals surface area contributed by atoms with Gasteiger partial charge in [0.2, 0.25) is 10.0 Å². The van der Waals surface area contributed by atoms with Crippen molar-refractivity contribution in [3.05, 3.63) is 54.1 Å². The van der Waals surface area contributed by atoms with E-state index >= 15 is 0 Å². The molecule has 100 valence electrons. The average Bonchev–Trinajstić information content (AvgIpc) is 2.33. The fourth-order valence-corrected chi connectivity index (χ4v) is 2.20. The number of hydrogen-bond donors (Lipinski definition) is 2. The van der Waals surface area contributed by atoms with Crippen LogP contribution in [0.25, 0.3) is 0 Å². The van der Waals surface area contributed by atoms with E-state index in [0.29, 0.717) is 5.69 Å². The Morgan fingerprint density at radius 2 is 1.21 bits per heavy atom. The van der Waals surface area contributed by atoms with Crippen LogP contribution in [0.15, 0.2) is 48.5 Å². The summed E-state index contributed by atoms with van der Waals surface area (Å²) in [4.78, 5) is 0. The summed E-state index contributed by atoms with van der Waals surface area (Å²) in [6.45, 7) is 2.04. The van der Waals surface area contributed by atoms with Crippen LogP contribution in [0.4, 0.5) is 17.1 Å². The minimum Gasteiger partial charge on any atom is -0.356 e. The standard InChI is InChI=1S/C14H16N2O2S/c1-11-3-5-12(6-4-11)15-13-7-9-14(10-8-13)16-19(2,17)18/h3-10,15-16H,1-2H3. The molecule has 0 aromatic heterocycles. The zero-order valence-corrected chi connectivity index (χ0v) is 11.7. The Morgan fingerprint density at radius 3 is 1.68 bits per heavy atom. The molecule has 0 aliphatic rings. The molecule has 2 aromatic rings. The molecule has 0 aliphatic heterocycles. The molecule has 0 radical (unpaired) electrons. The van der Waals surface area contributed by atoms with Gasteiger partial charge >= 0.3 is 0 Å². The van der Waals surface area contributed by atoms with Crippen molar-refractivity contribution in [2.45, 2.75) is 6.92 Å². The highest BCUT2D eigenvalue weighted by Crippen LogP contribution is 2.19. The van der Waals surface area contributed by atoms with Crippen LogP contribution >= 0.6 is 0 Å². The molecule has 0 unspecified atom stereocenters. The van der Waals surface area contributed by atoms with Crippen LogP contribution in [0.1, 0.15) is 5.56 Å². The number of nitrogens with one attached hydrogen (secondary N) is 2. The maximum Gasteiger partial charge on any atom is 0.229 e. The number of aryl methyl sites for hydroxylation is 1. The summed E-state index contributed by atoms with van der Waals surface area (Å²) in [6.07, 6.45) is 1.13. The van der Waals surface area contributed by atoms with E-state index in [2.05, 4.69) is 10.0 Å². The van der Waals surface area contributed by atoms with Gasteiger partial charge in [-0.1, -0.05) is 17.7 Å². The number of anilines is 3. The Kier molecular flexibility index (Phi) is 3.76. The molecular formula is C14H16N2O2S. The highest BCUT2D eigenvalue weighted by Gasteiger charge is 2.01. The smallest absolute Gasteiger partial charge is 0.229 e. The van der Waals surface area contributed by atoms with Crippen molar-refractivity contribution in [1.82, 2.24) is 0 Å². The molecule has 0 saturated heterocycles. The van der Waals surface area contributed by atoms with Crippen molar-refractivity contribution in [1.29, 1.82) is 0 Å². The van der Waals surface area contributed by atoms with E-state index in [-0.39, 0.29) is 0 Å². The van der Waals surface area contributed by atoms with E-state index in [4.69, 9.17) is 0 Å². The largest absolute Gasteiger partial charge is 0.356 e. The lowest BCUT2D eigenvalue weighted by Crippen LogP contribution is -2.09. The molecule has 5 heteroatoms. The molecule has 4 nitrogen and oxygen atoms in total. The molecule has 0 saturated carbocycles. The first-order chi connectivity index (χ1) is 8.92. The minimum atomic E-state index is -3.22. The van der Waals surface area contributed by atoms with E-state index < -0.39 is 10.0 Å². The molecule has 0 fully saturated rings. The van der Waals surface area contributed by atoms with Gasteiger partial charge in [-0.3, -0.25) is 4.72 Å². The maximum absolute atomic E-state index is 11.1. The number of hydrogen-bond acceptors (Lipinski definition) is 3. The van der Waals surface area contributed by atoms with Gasteiger partial charge in [0.1, 0.15) is 0 Å². The molecule has 2 aromatic carbocycles. The van der Waals surface area contributed by atoms with Gasteiger partial charge in [-0.05, 0) is 43.3 Å². The van der Waals surface area contributed by atoms with Crippen molar-refractivity contribution >= 4 is 27.1 Å². The molecule has 0 spiro atoms. The third kappa shape index (κ3) is 4.30. The second-order valence-corrected chi connectivity index (χ2v) is 6.19. The Hall–Kier alpha value is -2.01.